The molecule has 0 aliphatic carbocycles. The lowest BCUT2D eigenvalue weighted by Crippen LogP contribution is -2.25. The second-order valence-corrected chi connectivity index (χ2v) is 4.39. The van der Waals surface area contributed by atoms with Crippen LogP contribution in [0, 0.1) is 6.92 Å². The quantitative estimate of drug-likeness (QED) is 0.713. The monoisotopic (exact) mass is 244 g/mol. The Hall–Kier alpha value is -1.63. The summed E-state index contributed by atoms with van der Waals surface area (Å²) in [5, 5.41) is 20.4. The molecule has 1 aromatic heterocycles. The first-order valence-corrected chi connectivity index (χ1v) is 5.39. The average Bonchev–Trinajstić information content (AvgIpc) is 2.45. The van der Waals surface area contributed by atoms with E-state index in [4.69, 9.17) is 10.2 Å². The highest BCUT2D eigenvalue weighted by Crippen LogP contribution is 2.23. The minimum Gasteiger partial charge on any atom is -0.481 e. The van der Waals surface area contributed by atoms with Gasteiger partial charge in [-0.25, -0.2) is 4.98 Å². The van der Waals surface area contributed by atoms with Gasteiger partial charge in [0.15, 0.2) is 5.13 Å². The molecule has 0 spiro atoms. The first-order chi connectivity index (χ1) is 7.40. The highest BCUT2D eigenvalue weighted by atomic mass is 32.1. The average molecular weight is 244 g/mol. The minimum atomic E-state index is -0.979. The van der Waals surface area contributed by atoms with Crippen LogP contribution >= 0.6 is 11.3 Å². The smallest absolute Gasteiger partial charge is 0.325 e. The molecule has 3 N–H and O–H groups in total. The van der Waals surface area contributed by atoms with E-state index in [0.717, 1.165) is 0 Å². The molecule has 0 bridgehead atoms. The Morgan fingerprint density at radius 2 is 2.12 bits per heavy atom. The number of hydrogen-bond acceptors (Lipinski definition) is 5. The number of nitrogens with zero attached hydrogens (tertiary/aromatic N) is 1. The zero-order valence-corrected chi connectivity index (χ0v) is 9.67. The largest absolute Gasteiger partial charge is 0.481 e. The van der Waals surface area contributed by atoms with E-state index in [0.29, 0.717) is 15.7 Å². The second-order valence-electron chi connectivity index (χ2n) is 3.30. The SMILES string of the molecule is Cc1nc(NC(C)C(=O)O)sc1CC(=O)O. The summed E-state index contributed by atoms with van der Waals surface area (Å²) in [5.74, 6) is -1.91. The lowest BCUT2D eigenvalue weighted by molar-refractivity contribution is -0.138. The number of carboxylic acid groups (broad SMARTS) is 2. The number of anilines is 1. The molecular formula is C9H12N2O4S. The maximum absolute atomic E-state index is 10.6. The molecule has 1 unspecified atom stereocenters. The van der Waals surface area contributed by atoms with E-state index in [-0.39, 0.29) is 6.42 Å². The van der Waals surface area contributed by atoms with Gasteiger partial charge in [-0.15, -0.1) is 11.3 Å². The molecule has 0 aromatic carbocycles. The van der Waals surface area contributed by atoms with Crippen molar-refractivity contribution in [1.82, 2.24) is 4.98 Å². The van der Waals surface area contributed by atoms with Crippen molar-refractivity contribution in [2.45, 2.75) is 26.3 Å². The molecule has 1 atom stereocenters. The molecule has 0 aliphatic rings. The molecular weight excluding hydrogens is 232 g/mol. The van der Waals surface area contributed by atoms with E-state index in [2.05, 4.69) is 10.3 Å². The number of aryl methyl sites for hydroxylation is 1. The molecule has 16 heavy (non-hydrogen) atoms. The van der Waals surface area contributed by atoms with E-state index in [1.165, 1.54) is 18.3 Å². The number of aliphatic carboxylic acids is 2. The van der Waals surface area contributed by atoms with Gasteiger partial charge in [-0.1, -0.05) is 0 Å². The van der Waals surface area contributed by atoms with Crippen LogP contribution in [0.15, 0.2) is 0 Å². The Balaban J connectivity index is 2.76. The lowest BCUT2D eigenvalue weighted by atomic mass is 10.3. The zero-order chi connectivity index (χ0) is 12.3. The maximum atomic E-state index is 10.6. The van der Waals surface area contributed by atoms with Crippen LogP contribution < -0.4 is 5.32 Å². The van der Waals surface area contributed by atoms with Crippen molar-refractivity contribution in [3.05, 3.63) is 10.6 Å². The fourth-order valence-corrected chi connectivity index (χ4v) is 2.08. The summed E-state index contributed by atoms with van der Waals surface area (Å²) >= 11 is 1.17. The summed E-state index contributed by atoms with van der Waals surface area (Å²) in [7, 11) is 0. The summed E-state index contributed by atoms with van der Waals surface area (Å²) in [6.45, 7) is 3.20. The molecule has 1 rings (SSSR count). The predicted octanol–water partition coefficient (Wildman–Crippen LogP) is 0.964. The summed E-state index contributed by atoms with van der Waals surface area (Å²) in [6.07, 6.45) is -0.0906. The van der Waals surface area contributed by atoms with Crippen molar-refractivity contribution < 1.29 is 19.8 Å². The Morgan fingerprint density at radius 3 is 2.62 bits per heavy atom. The van der Waals surface area contributed by atoms with Gasteiger partial charge in [0.05, 0.1) is 12.1 Å². The second kappa shape index (κ2) is 4.93. The van der Waals surface area contributed by atoms with Crippen LogP contribution in [0.25, 0.3) is 0 Å². The first kappa shape index (κ1) is 12.4. The third-order valence-electron chi connectivity index (χ3n) is 1.91. The van der Waals surface area contributed by atoms with Gasteiger partial charge in [0.2, 0.25) is 0 Å². The van der Waals surface area contributed by atoms with Gasteiger partial charge in [-0.2, -0.15) is 0 Å². The van der Waals surface area contributed by atoms with E-state index in [9.17, 15) is 9.59 Å². The summed E-state index contributed by atoms with van der Waals surface area (Å²) in [4.78, 5) is 25.8. The Labute approximate surface area is 95.9 Å². The predicted molar refractivity (Wildman–Crippen MR) is 58.9 cm³/mol. The molecule has 0 saturated carbocycles. The summed E-state index contributed by atoms with van der Waals surface area (Å²) in [5.41, 5.74) is 0.618. The molecule has 6 nitrogen and oxygen atoms in total. The van der Waals surface area contributed by atoms with Crippen LogP contribution in [0.4, 0.5) is 5.13 Å². The number of carboxylic acids is 2. The van der Waals surface area contributed by atoms with E-state index in [1.54, 1.807) is 6.92 Å². The van der Waals surface area contributed by atoms with Crippen LogP contribution in [0.1, 0.15) is 17.5 Å². The number of carbonyl (C=O) groups is 2. The molecule has 1 aromatic rings. The van der Waals surface area contributed by atoms with Crippen molar-refractivity contribution in [2.75, 3.05) is 5.32 Å². The molecule has 88 valence electrons. The van der Waals surface area contributed by atoms with Gasteiger partial charge in [0.25, 0.3) is 0 Å². The normalized spacial score (nSPS) is 12.1. The first-order valence-electron chi connectivity index (χ1n) is 4.57. The maximum Gasteiger partial charge on any atom is 0.325 e. The van der Waals surface area contributed by atoms with Crippen LogP contribution in [-0.2, 0) is 16.0 Å². The fourth-order valence-electron chi connectivity index (χ4n) is 1.04. The van der Waals surface area contributed by atoms with Crippen molar-refractivity contribution in [3.63, 3.8) is 0 Å². The van der Waals surface area contributed by atoms with Gasteiger partial charge in [-0.05, 0) is 13.8 Å². The Morgan fingerprint density at radius 1 is 1.50 bits per heavy atom. The van der Waals surface area contributed by atoms with Crippen LogP contribution in [0.5, 0.6) is 0 Å². The molecule has 1 heterocycles. The van der Waals surface area contributed by atoms with Crippen molar-refractivity contribution in [1.29, 1.82) is 0 Å². The van der Waals surface area contributed by atoms with Crippen LogP contribution in [0.2, 0.25) is 0 Å². The lowest BCUT2D eigenvalue weighted by Gasteiger charge is -2.05. The highest BCUT2D eigenvalue weighted by Gasteiger charge is 2.15. The van der Waals surface area contributed by atoms with Gasteiger partial charge in [0.1, 0.15) is 6.04 Å². The fraction of sp³-hybridized carbons (Fsp3) is 0.444. The molecule has 0 amide bonds. The van der Waals surface area contributed by atoms with Gasteiger partial charge >= 0.3 is 11.9 Å². The van der Waals surface area contributed by atoms with E-state index >= 15 is 0 Å². The number of rotatable bonds is 5. The summed E-state index contributed by atoms with van der Waals surface area (Å²) in [6, 6.07) is -0.747. The highest BCUT2D eigenvalue weighted by molar-refractivity contribution is 7.15. The Kier molecular flexibility index (Phi) is 3.83. The van der Waals surface area contributed by atoms with Crippen LogP contribution in [-0.4, -0.2) is 33.2 Å². The molecule has 0 fully saturated rings. The number of nitrogens with one attached hydrogen (secondary N) is 1. The third kappa shape index (κ3) is 3.20. The van der Waals surface area contributed by atoms with Crippen molar-refractivity contribution in [2.24, 2.45) is 0 Å². The van der Waals surface area contributed by atoms with Gasteiger partial charge in [0, 0.05) is 4.88 Å². The van der Waals surface area contributed by atoms with Crippen LogP contribution in [0.3, 0.4) is 0 Å². The summed E-state index contributed by atoms with van der Waals surface area (Å²) < 4.78 is 0. The standard InChI is InChI=1S/C9H12N2O4S/c1-4-6(3-7(12)13)16-9(10-4)11-5(2)8(14)15/h5H,3H2,1-2H3,(H,10,11)(H,12,13)(H,14,15). The number of hydrogen-bond donors (Lipinski definition) is 3. The molecule has 0 radical (unpaired) electrons. The zero-order valence-electron chi connectivity index (χ0n) is 8.85. The van der Waals surface area contributed by atoms with Crippen molar-refractivity contribution >= 4 is 28.4 Å². The van der Waals surface area contributed by atoms with Crippen molar-refractivity contribution in [3.8, 4) is 0 Å². The molecule has 7 heteroatoms. The number of aromatic nitrogens is 1. The van der Waals surface area contributed by atoms with E-state index in [1.807, 2.05) is 0 Å². The number of thiazole rings is 1. The minimum absolute atomic E-state index is 0.0906. The Bertz CT molecular complexity index is 416. The van der Waals surface area contributed by atoms with Gasteiger partial charge < -0.3 is 15.5 Å². The molecule has 0 aliphatic heterocycles. The topological polar surface area (TPSA) is 99.5 Å². The van der Waals surface area contributed by atoms with Gasteiger partial charge in [-0.3, -0.25) is 9.59 Å². The molecule has 0 saturated heterocycles. The third-order valence-corrected chi connectivity index (χ3v) is 3.00. The van der Waals surface area contributed by atoms with E-state index < -0.39 is 18.0 Å².